The van der Waals surface area contributed by atoms with Crippen molar-refractivity contribution in [2.45, 2.75) is 39.3 Å². The maximum absolute atomic E-state index is 3.50. The number of thiophene rings is 1. The summed E-state index contributed by atoms with van der Waals surface area (Å²) in [6.45, 7) is 7.75. The second-order valence-corrected chi connectivity index (χ2v) is 7.10. The number of unbranched alkanes of at least 4 members (excludes halogenated alkanes) is 1. The van der Waals surface area contributed by atoms with Crippen LogP contribution in [0, 0.1) is 0 Å². The van der Waals surface area contributed by atoms with E-state index in [0.717, 1.165) is 13.1 Å². The van der Waals surface area contributed by atoms with Crippen LogP contribution in [-0.2, 0) is 6.54 Å². The van der Waals surface area contributed by atoms with E-state index >= 15 is 0 Å². The van der Waals surface area contributed by atoms with Crippen molar-refractivity contribution in [3.8, 4) is 0 Å². The highest BCUT2D eigenvalue weighted by Crippen LogP contribution is 2.21. The quantitative estimate of drug-likeness (QED) is 0.735. The molecule has 17 heavy (non-hydrogen) atoms. The van der Waals surface area contributed by atoms with Gasteiger partial charge in [0.25, 0.3) is 0 Å². The maximum Gasteiger partial charge on any atom is 0.0701 e. The predicted molar refractivity (Wildman–Crippen MR) is 80.7 cm³/mol. The molecule has 0 spiro atoms. The minimum Gasteiger partial charge on any atom is -0.315 e. The normalized spacial score (nSPS) is 11.6. The Morgan fingerprint density at radius 3 is 2.76 bits per heavy atom. The Balaban J connectivity index is 2.07. The van der Waals surface area contributed by atoms with E-state index in [-0.39, 0.29) is 0 Å². The van der Waals surface area contributed by atoms with Crippen LogP contribution in [0.4, 0.5) is 0 Å². The van der Waals surface area contributed by atoms with E-state index in [1.165, 1.54) is 28.7 Å². The van der Waals surface area contributed by atoms with Crippen molar-refractivity contribution < 1.29 is 0 Å². The summed E-state index contributed by atoms with van der Waals surface area (Å²) in [5, 5.41) is 5.67. The molecular weight excluding hydrogens is 296 g/mol. The third-order valence-corrected chi connectivity index (χ3v) is 4.15. The molecule has 1 rings (SSSR count). The van der Waals surface area contributed by atoms with Gasteiger partial charge in [0.2, 0.25) is 0 Å². The van der Waals surface area contributed by atoms with E-state index in [1.54, 1.807) is 11.3 Å². The number of rotatable bonds is 8. The summed E-state index contributed by atoms with van der Waals surface area (Å²) in [5.74, 6) is 0. The number of hydrogen-bond acceptors (Lipinski definition) is 3. The van der Waals surface area contributed by atoms with Crippen molar-refractivity contribution in [2.24, 2.45) is 0 Å². The molecule has 1 heterocycles. The SMILES string of the molecule is CC(C)NCCCCN(C)Cc1csc(Br)c1. The molecule has 1 N–H and O–H groups in total. The van der Waals surface area contributed by atoms with E-state index in [9.17, 15) is 0 Å². The van der Waals surface area contributed by atoms with Crippen LogP contribution in [0.5, 0.6) is 0 Å². The molecule has 0 aliphatic heterocycles. The number of nitrogens with one attached hydrogen (secondary N) is 1. The van der Waals surface area contributed by atoms with Crippen molar-refractivity contribution in [1.29, 1.82) is 0 Å². The summed E-state index contributed by atoms with van der Waals surface area (Å²) < 4.78 is 1.22. The highest BCUT2D eigenvalue weighted by molar-refractivity contribution is 9.11. The average Bonchev–Trinajstić information content (AvgIpc) is 2.63. The zero-order chi connectivity index (χ0) is 12.7. The molecule has 0 radical (unpaired) electrons. The predicted octanol–water partition coefficient (Wildman–Crippen LogP) is 3.72. The summed E-state index contributed by atoms with van der Waals surface area (Å²) in [6, 6.07) is 2.82. The van der Waals surface area contributed by atoms with Crippen molar-refractivity contribution in [1.82, 2.24) is 10.2 Å². The zero-order valence-corrected chi connectivity index (χ0v) is 13.4. The smallest absolute Gasteiger partial charge is 0.0701 e. The van der Waals surface area contributed by atoms with Gasteiger partial charge in [0.05, 0.1) is 3.79 Å². The molecule has 0 unspecified atom stereocenters. The van der Waals surface area contributed by atoms with Gasteiger partial charge in [0.1, 0.15) is 0 Å². The molecule has 1 aromatic rings. The van der Waals surface area contributed by atoms with Crippen LogP contribution in [-0.4, -0.2) is 31.1 Å². The van der Waals surface area contributed by atoms with Crippen LogP contribution < -0.4 is 5.32 Å². The molecule has 0 saturated heterocycles. The second kappa shape index (κ2) is 8.25. The third-order valence-electron chi connectivity index (χ3n) is 2.59. The first-order valence-corrected chi connectivity index (χ1v) is 7.90. The fourth-order valence-electron chi connectivity index (χ4n) is 1.72. The fraction of sp³-hybridized carbons (Fsp3) is 0.692. The van der Waals surface area contributed by atoms with Gasteiger partial charge in [0, 0.05) is 12.6 Å². The van der Waals surface area contributed by atoms with Gasteiger partial charge in [-0.2, -0.15) is 0 Å². The van der Waals surface area contributed by atoms with Crippen molar-refractivity contribution in [3.05, 3.63) is 20.8 Å². The van der Waals surface area contributed by atoms with E-state index < -0.39 is 0 Å². The average molecular weight is 319 g/mol. The molecule has 0 saturated carbocycles. The van der Waals surface area contributed by atoms with Crippen molar-refractivity contribution in [3.63, 3.8) is 0 Å². The molecule has 98 valence electrons. The monoisotopic (exact) mass is 318 g/mol. The summed E-state index contributed by atoms with van der Waals surface area (Å²) in [7, 11) is 2.20. The molecule has 0 bridgehead atoms. The lowest BCUT2D eigenvalue weighted by Crippen LogP contribution is -2.25. The lowest BCUT2D eigenvalue weighted by molar-refractivity contribution is 0.317. The standard InChI is InChI=1S/C13H23BrN2S/c1-11(2)15-6-4-5-7-16(3)9-12-8-13(14)17-10-12/h8,10-11,15H,4-7,9H2,1-3H3. The molecule has 2 nitrogen and oxygen atoms in total. The Bertz CT molecular complexity index is 312. The van der Waals surface area contributed by atoms with Crippen LogP contribution in [0.1, 0.15) is 32.3 Å². The van der Waals surface area contributed by atoms with Crippen molar-refractivity contribution in [2.75, 3.05) is 20.1 Å². The maximum atomic E-state index is 3.50. The van der Waals surface area contributed by atoms with Gasteiger partial charge in [-0.1, -0.05) is 13.8 Å². The first kappa shape index (κ1) is 15.2. The van der Waals surface area contributed by atoms with E-state index in [4.69, 9.17) is 0 Å². The molecule has 0 aliphatic carbocycles. The molecule has 0 fully saturated rings. The largest absolute Gasteiger partial charge is 0.315 e. The molecule has 0 aromatic carbocycles. The Morgan fingerprint density at radius 2 is 2.18 bits per heavy atom. The van der Waals surface area contributed by atoms with Gasteiger partial charge < -0.3 is 10.2 Å². The summed E-state index contributed by atoms with van der Waals surface area (Å²) >= 11 is 5.26. The highest BCUT2D eigenvalue weighted by Gasteiger charge is 2.02. The van der Waals surface area contributed by atoms with Gasteiger partial charge in [0.15, 0.2) is 0 Å². The molecule has 0 amide bonds. The van der Waals surface area contributed by atoms with E-state index in [1.807, 2.05) is 0 Å². The Hall–Kier alpha value is 0.100. The first-order valence-electron chi connectivity index (χ1n) is 6.22. The third kappa shape index (κ3) is 7.19. The van der Waals surface area contributed by atoms with Crippen LogP contribution >= 0.6 is 27.3 Å². The molecular formula is C13H23BrN2S. The van der Waals surface area contributed by atoms with Gasteiger partial charge in [-0.05, 0) is 65.9 Å². The minimum absolute atomic E-state index is 0.607. The van der Waals surface area contributed by atoms with Crippen molar-refractivity contribution >= 4 is 27.3 Å². The Kier molecular flexibility index (Phi) is 7.35. The highest BCUT2D eigenvalue weighted by atomic mass is 79.9. The van der Waals surface area contributed by atoms with E-state index in [0.29, 0.717) is 6.04 Å². The van der Waals surface area contributed by atoms with Gasteiger partial charge in [-0.3, -0.25) is 0 Å². The summed E-state index contributed by atoms with van der Waals surface area (Å²) in [6.07, 6.45) is 2.53. The summed E-state index contributed by atoms with van der Waals surface area (Å²) in [4.78, 5) is 2.39. The van der Waals surface area contributed by atoms with Crippen LogP contribution in [0.2, 0.25) is 0 Å². The minimum atomic E-state index is 0.607. The fourth-order valence-corrected chi connectivity index (χ4v) is 2.92. The molecule has 1 aromatic heterocycles. The molecule has 4 heteroatoms. The first-order chi connectivity index (χ1) is 8.08. The van der Waals surface area contributed by atoms with Gasteiger partial charge in [-0.15, -0.1) is 11.3 Å². The molecule has 0 atom stereocenters. The number of nitrogens with zero attached hydrogens (tertiary/aromatic N) is 1. The summed E-state index contributed by atoms with van der Waals surface area (Å²) in [5.41, 5.74) is 1.41. The van der Waals surface area contributed by atoms with E-state index in [2.05, 4.69) is 58.5 Å². The van der Waals surface area contributed by atoms with Crippen LogP contribution in [0.25, 0.3) is 0 Å². The topological polar surface area (TPSA) is 15.3 Å². The van der Waals surface area contributed by atoms with Crippen LogP contribution in [0.15, 0.2) is 15.2 Å². The van der Waals surface area contributed by atoms with Gasteiger partial charge in [-0.25, -0.2) is 0 Å². The lowest BCUT2D eigenvalue weighted by Gasteiger charge is -2.16. The zero-order valence-electron chi connectivity index (χ0n) is 11.0. The Morgan fingerprint density at radius 1 is 1.41 bits per heavy atom. The molecule has 0 aliphatic rings. The Labute approximate surface area is 118 Å². The number of halogens is 1. The van der Waals surface area contributed by atoms with Gasteiger partial charge >= 0.3 is 0 Å². The number of hydrogen-bond donors (Lipinski definition) is 1. The second-order valence-electron chi connectivity index (χ2n) is 4.81. The van der Waals surface area contributed by atoms with Crippen LogP contribution in [0.3, 0.4) is 0 Å². The lowest BCUT2D eigenvalue weighted by atomic mass is 10.2.